The van der Waals surface area contributed by atoms with Crippen LogP contribution in [0, 0.1) is 0 Å². The molecule has 0 spiro atoms. The van der Waals surface area contributed by atoms with E-state index in [0.717, 1.165) is 34.8 Å². The van der Waals surface area contributed by atoms with Gasteiger partial charge in [-0.15, -0.1) is 0 Å². The third kappa shape index (κ3) is 3.81. The highest BCUT2D eigenvalue weighted by molar-refractivity contribution is 7.87. The maximum absolute atomic E-state index is 12.3. The summed E-state index contributed by atoms with van der Waals surface area (Å²) in [5, 5.41) is 0. The van der Waals surface area contributed by atoms with Crippen LogP contribution in [0.3, 0.4) is 0 Å². The lowest BCUT2D eigenvalue weighted by Crippen LogP contribution is -2.19. The fourth-order valence-corrected chi connectivity index (χ4v) is 1.42. The minimum absolute atomic E-state index is 0.272. The third-order valence-corrected chi connectivity index (χ3v) is 3.33. The van der Waals surface area contributed by atoms with Crippen LogP contribution in [-0.4, -0.2) is 33.0 Å². The van der Waals surface area contributed by atoms with Crippen LogP contribution in [0.2, 0.25) is 0 Å². The van der Waals surface area contributed by atoms with Gasteiger partial charge in [0.15, 0.2) is 0 Å². The lowest BCUT2D eigenvalue weighted by Gasteiger charge is -2.06. The smallest absolute Gasteiger partial charge is 0.189 e. The summed E-state index contributed by atoms with van der Waals surface area (Å²) in [6.07, 6.45) is -3.42. The standard InChI is InChI=1S/C10H11F3N2O2S/c1-15(2)18(16,17)14-7-8-3-5-9(6-4-8)10(11,12)13/h3-7H,1-2H3. The van der Waals surface area contributed by atoms with Gasteiger partial charge in [-0.05, 0) is 17.7 Å². The summed E-state index contributed by atoms with van der Waals surface area (Å²) in [5.41, 5.74) is -0.524. The number of halogens is 3. The van der Waals surface area contributed by atoms with Crippen LogP contribution in [-0.2, 0) is 16.4 Å². The van der Waals surface area contributed by atoms with Gasteiger partial charge in [-0.3, -0.25) is 0 Å². The van der Waals surface area contributed by atoms with E-state index in [1.165, 1.54) is 14.1 Å². The molecular weight excluding hydrogens is 269 g/mol. The predicted octanol–water partition coefficient (Wildman–Crippen LogP) is 1.93. The van der Waals surface area contributed by atoms with E-state index in [-0.39, 0.29) is 5.56 Å². The Hall–Kier alpha value is -1.41. The molecule has 1 aromatic carbocycles. The monoisotopic (exact) mass is 280 g/mol. The molecule has 0 radical (unpaired) electrons. The Labute approximate surface area is 103 Å². The molecule has 0 aliphatic heterocycles. The molecule has 0 aromatic heterocycles. The second-order valence-corrected chi connectivity index (χ2v) is 5.45. The van der Waals surface area contributed by atoms with Gasteiger partial charge in [0.2, 0.25) is 0 Å². The Bertz CT molecular complexity index is 533. The van der Waals surface area contributed by atoms with Gasteiger partial charge < -0.3 is 0 Å². The minimum atomic E-state index is -4.41. The number of benzene rings is 1. The van der Waals surface area contributed by atoms with Crippen molar-refractivity contribution in [1.82, 2.24) is 4.31 Å². The predicted molar refractivity (Wildman–Crippen MR) is 61.6 cm³/mol. The van der Waals surface area contributed by atoms with Crippen LogP contribution in [0.1, 0.15) is 11.1 Å². The first-order valence-electron chi connectivity index (χ1n) is 4.78. The van der Waals surface area contributed by atoms with Gasteiger partial charge in [0, 0.05) is 20.3 Å². The molecule has 100 valence electrons. The van der Waals surface area contributed by atoms with Crippen molar-refractivity contribution in [1.29, 1.82) is 0 Å². The van der Waals surface area contributed by atoms with Gasteiger partial charge >= 0.3 is 16.4 Å². The number of hydrogen-bond donors (Lipinski definition) is 0. The maximum atomic E-state index is 12.3. The van der Waals surface area contributed by atoms with Gasteiger partial charge in [-0.2, -0.15) is 30.3 Å². The maximum Gasteiger partial charge on any atom is 0.416 e. The molecule has 0 bridgehead atoms. The first-order valence-corrected chi connectivity index (χ1v) is 6.18. The summed E-state index contributed by atoms with van der Waals surface area (Å²) in [5.74, 6) is 0. The van der Waals surface area contributed by atoms with Crippen molar-refractivity contribution in [2.75, 3.05) is 14.1 Å². The topological polar surface area (TPSA) is 49.7 Å². The van der Waals surface area contributed by atoms with Gasteiger partial charge in [0.25, 0.3) is 0 Å². The average Bonchev–Trinajstić information content (AvgIpc) is 2.25. The Kier molecular flexibility index (Phi) is 4.12. The SMILES string of the molecule is CN(C)S(=O)(=O)N=Cc1ccc(C(F)(F)F)cc1. The van der Waals surface area contributed by atoms with Crippen LogP contribution < -0.4 is 0 Å². The van der Waals surface area contributed by atoms with Crippen molar-refractivity contribution >= 4 is 16.4 Å². The molecule has 0 amide bonds. The van der Waals surface area contributed by atoms with E-state index in [4.69, 9.17) is 0 Å². The average molecular weight is 280 g/mol. The summed E-state index contributed by atoms with van der Waals surface area (Å²) in [7, 11) is -1.14. The molecule has 0 unspecified atom stereocenters. The van der Waals surface area contributed by atoms with Crippen LogP contribution in [0.5, 0.6) is 0 Å². The highest BCUT2D eigenvalue weighted by atomic mass is 32.2. The van der Waals surface area contributed by atoms with Crippen molar-refractivity contribution < 1.29 is 21.6 Å². The van der Waals surface area contributed by atoms with E-state index in [1.807, 2.05) is 0 Å². The van der Waals surface area contributed by atoms with Crippen LogP contribution >= 0.6 is 0 Å². The fraction of sp³-hybridized carbons (Fsp3) is 0.300. The minimum Gasteiger partial charge on any atom is -0.189 e. The molecule has 0 fully saturated rings. The molecule has 8 heteroatoms. The second-order valence-electron chi connectivity index (χ2n) is 3.61. The fourth-order valence-electron chi connectivity index (χ4n) is 0.980. The third-order valence-electron chi connectivity index (χ3n) is 2.03. The van der Waals surface area contributed by atoms with E-state index in [1.54, 1.807) is 0 Å². The molecule has 1 rings (SSSR count). The normalized spacial score (nSPS) is 13.4. The Morgan fingerprint density at radius 3 is 2.06 bits per heavy atom. The van der Waals surface area contributed by atoms with E-state index >= 15 is 0 Å². The number of alkyl halides is 3. The first-order chi connectivity index (χ1) is 8.13. The Morgan fingerprint density at radius 2 is 1.67 bits per heavy atom. The molecule has 0 N–H and O–H groups in total. The molecule has 0 atom stereocenters. The summed E-state index contributed by atoms with van der Waals surface area (Å²) in [6.45, 7) is 0. The zero-order valence-electron chi connectivity index (χ0n) is 9.64. The molecule has 0 saturated heterocycles. The Morgan fingerprint density at radius 1 is 1.17 bits per heavy atom. The molecule has 0 aliphatic rings. The van der Waals surface area contributed by atoms with E-state index in [9.17, 15) is 21.6 Å². The molecular formula is C10H11F3N2O2S. The van der Waals surface area contributed by atoms with Crippen LogP contribution in [0.15, 0.2) is 28.7 Å². The van der Waals surface area contributed by atoms with Gasteiger partial charge in [-0.25, -0.2) is 0 Å². The van der Waals surface area contributed by atoms with Gasteiger partial charge in [0.1, 0.15) is 0 Å². The molecule has 0 heterocycles. The summed E-state index contributed by atoms with van der Waals surface area (Å²) in [4.78, 5) is 0. The first kappa shape index (κ1) is 14.7. The molecule has 18 heavy (non-hydrogen) atoms. The van der Waals surface area contributed by atoms with Gasteiger partial charge in [0.05, 0.1) is 5.56 Å². The molecule has 4 nitrogen and oxygen atoms in total. The quantitative estimate of drug-likeness (QED) is 0.794. The van der Waals surface area contributed by atoms with Crippen molar-refractivity contribution in [3.05, 3.63) is 35.4 Å². The lowest BCUT2D eigenvalue weighted by atomic mass is 10.1. The van der Waals surface area contributed by atoms with Crippen LogP contribution in [0.4, 0.5) is 13.2 Å². The number of nitrogens with zero attached hydrogens (tertiary/aromatic N) is 2. The number of hydrogen-bond acceptors (Lipinski definition) is 2. The van der Waals surface area contributed by atoms with Gasteiger partial charge in [-0.1, -0.05) is 12.1 Å². The second kappa shape index (κ2) is 5.07. The van der Waals surface area contributed by atoms with E-state index in [0.29, 0.717) is 0 Å². The molecule has 0 aliphatic carbocycles. The van der Waals surface area contributed by atoms with Crippen molar-refractivity contribution in [2.45, 2.75) is 6.18 Å². The summed E-state index contributed by atoms with van der Waals surface area (Å²) >= 11 is 0. The van der Waals surface area contributed by atoms with Crippen molar-refractivity contribution in [3.63, 3.8) is 0 Å². The molecule has 0 saturated carbocycles. The zero-order chi connectivity index (χ0) is 14.0. The largest absolute Gasteiger partial charge is 0.416 e. The Balaban J connectivity index is 2.92. The summed E-state index contributed by atoms with van der Waals surface area (Å²) < 4.78 is 63.6. The van der Waals surface area contributed by atoms with E-state index in [2.05, 4.69) is 4.40 Å². The van der Waals surface area contributed by atoms with Crippen molar-refractivity contribution in [2.24, 2.45) is 4.40 Å². The zero-order valence-corrected chi connectivity index (χ0v) is 10.5. The van der Waals surface area contributed by atoms with Crippen molar-refractivity contribution in [3.8, 4) is 0 Å². The lowest BCUT2D eigenvalue weighted by molar-refractivity contribution is -0.137. The highest BCUT2D eigenvalue weighted by Gasteiger charge is 2.29. The highest BCUT2D eigenvalue weighted by Crippen LogP contribution is 2.28. The number of rotatable bonds is 3. The van der Waals surface area contributed by atoms with E-state index < -0.39 is 21.9 Å². The summed E-state index contributed by atoms with van der Waals surface area (Å²) in [6, 6.07) is 4.03. The molecule has 1 aromatic rings. The van der Waals surface area contributed by atoms with Crippen LogP contribution in [0.25, 0.3) is 0 Å².